The van der Waals surface area contributed by atoms with Gasteiger partial charge in [-0.1, -0.05) is 90.5 Å². The first kappa shape index (κ1) is 16.1. The van der Waals surface area contributed by atoms with E-state index in [0.717, 1.165) is 18.1 Å². The van der Waals surface area contributed by atoms with E-state index in [9.17, 15) is 0 Å². The molecule has 0 radical (unpaired) electrons. The van der Waals surface area contributed by atoms with Crippen LogP contribution in [0, 0.1) is 0 Å². The van der Waals surface area contributed by atoms with Crippen LogP contribution in [0.5, 0.6) is 0 Å². The lowest BCUT2D eigenvalue weighted by molar-refractivity contribution is 0.203. The van der Waals surface area contributed by atoms with E-state index in [1.165, 1.54) is 22.3 Å². The molecular weight excluding hydrogens is 326 g/mol. The second-order valence-electron chi connectivity index (χ2n) is 6.48. The Bertz CT molecular complexity index is 806. The summed E-state index contributed by atoms with van der Waals surface area (Å²) in [6.45, 7) is 1.99. The van der Waals surface area contributed by atoms with Gasteiger partial charge in [-0.05, 0) is 34.4 Å². The molecule has 3 aromatic carbocycles. The summed E-state index contributed by atoms with van der Waals surface area (Å²) in [5, 5.41) is 0.783. The molecule has 0 saturated carbocycles. The molecule has 2 heteroatoms. The van der Waals surface area contributed by atoms with Crippen LogP contribution in [-0.4, -0.2) is 18.0 Å². The molecule has 1 aliphatic rings. The van der Waals surface area contributed by atoms with E-state index in [0.29, 0.717) is 6.04 Å². The van der Waals surface area contributed by atoms with Crippen LogP contribution in [-0.2, 0) is 0 Å². The van der Waals surface area contributed by atoms with Crippen molar-refractivity contribution in [1.82, 2.24) is 4.90 Å². The van der Waals surface area contributed by atoms with Crippen molar-refractivity contribution in [3.63, 3.8) is 0 Å². The summed E-state index contributed by atoms with van der Waals surface area (Å²) in [7, 11) is 0. The van der Waals surface area contributed by atoms with Gasteiger partial charge in [-0.15, -0.1) is 0 Å². The zero-order valence-electron chi connectivity index (χ0n) is 14.0. The molecule has 0 amide bonds. The first-order valence-corrected chi connectivity index (χ1v) is 8.96. The van der Waals surface area contributed by atoms with Gasteiger partial charge in [0.15, 0.2) is 0 Å². The third kappa shape index (κ3) is 3.68. The van der Waals surface area contributed by atoms with Gasteiger partial charge in [-0.2, -0.15) is 0 Å². The van der Waals surface area contributed by atoms with Crippen molar-refractivity contribution in [1.29, 1.82) is 0 Å². The fourth-order valence-electron chi connectivity index (χ4n) is 3.43. The average molecular weight is 346 g/mol. The molecule has 0 atom stereocenters. The highest BCUT2D eigenvalue weighted by Crippen LogP contribution is 2.34. The Morgan fingerprint density at radius 1 is 0.720 bits per heavy atom. The predicted octanol–water partition coefficient (Wildman–Crippen LogP) is 5.83. The minimum atomic E-state index is 0.310. The van der Waals surface area contributed by atoms with Crippen molar-refractivity contribution < 1.29 is 0 Å². The SMILES string of the molecule is Clc1ccc(C=C2CN(C(c3ccccc3)c3ccccc3)C2)cc1. The summed E-state index contributed by atoms with van der Waals surface area (Å²) in [4.78, 5) is 2.52. The Kier molecular flexibility index (Phi) is 4.69. The minimum Gasteiger partial charge on any atom is -0.284 e. The second kappa shape index (κ2) is 7.26. The van der Waals surface area contributed by atoms with Crippen LogP contribution < -0.4 is 0 Å². The van der Waals surface area contributed by atoms with Gasteiger partial charge in [0.2, 0.25) is 0 Å². The third-order valence-corrected chi connectivity index (χ3v) is 4.90. The lowest BCUT2D eigenvalue weighted by atomic mass is 9.92. The van der Waals surface area contributed by atoms with Crippen molar-refractivity contribution >= 4 is 17.7 Å². The molecule has 0 spiro atoms. The second-order valence-corrected chi connectivity index (χ2v) is 6.92. The van der Waals surface area contributed by atoms with Crippen molar-refractivity contribution in [3.8, 4) is 0 Å². The number of benzene rings is 3. The van der Waals surface area contributed by atoms with E-state index in [1.807, 2.05) is 12.1 Å². The maximum absolute atomic E-state index is 5.97. The summed E-state index contributed by atoms with van der Waals surface area (Å²) in [6.07, 6.45) is 2.28. The van der Waals surface area contributed by atoms with Gasteiger partial charge < -0.3 is 0 Å². The van der Waals surface area contributed by atoms with Crippen molar-refractivity contribution in [3.05, 3.63) is 112 Å². The van der Waals surface area contributed by atoms with Gasteiger partial charge in [0.25, 0.3) is 0 Å². The van der Waals surface area contributed by atoms with Gasteiger partial charge in [0.1, 0.15) is 0 Å². The topological polar surface area (TPSA) is 3.24 Å². The van der Waals surface area contributed by atoms with E-state index >= 15 is 0 Å². The minimum absolute atomic E-state index is 0.310. The van der Waals surface area contributed by atoms with E-state index in [1.54, 1.807) is 0 Å². The van der Waals surface area contributed by atoms with E-state index < -0.39 is 0 Å². The van der Waals surface area contributed by atoms with Crippen LogP contribution in [0.4, 0.5) is 0 Å². The molecule has 0 aromatic heterocycles. The van der Waals surface area contributed by atoms with Crippen molar-refractivity contribution in [2.75, 3.05) is 13.1 Å². The highest BCUT2D eigenvalue weighted by Gasteiger charge is 2.29. The molecule has 0 N–H and O–H groups in total. The smallest absolute Gasteiger partial charge is 0.0607 e. The molecule has 1 nitrogen and oxygen atoms in total. The number of likely N-dealkylation sites (tertiary alicyclic amines) is 1. The van der Waals surface area contributed by atoms with Crippen LogP contribution in [0.2, 0.25) is 5.02 Å². The number of hydrogen-bond acceptors (Lipinski definition) is 1. The molecular formula is C23H20ClN. The first-order chi connectivity index (χ1) is 12.3. The van der Waals surface area contributed by atoms with Crippen LogP contribution in [0.3, 0.4) is 0 Å². The van der Waals surface area contributed by atoms with Gasteiger partial charge in [-0.25, -0.2) is 0 Å². The molecule has 0 aliphatic carbocycles. The molecule has 1 aliphatic heterocycles. The zero-order valence-corrected chi connectivity index (χ0v) is 14.7. The van der Waals surface area contributed by atoms with Crippen molar-refractivity contribution in [2.45, 2.75) is 6.04 Å². The molecule has 1 heterocycles. The fraction of sp³-hybridized carbons (Fsp3) is 0.130. The lowest BCUT2D eigenvalue weighted by Gasteiger charge is -2.41. The molecule has 1 fully saturated rings. The third-order valence-electron chi connectivity index (χ3n) is 4.65. The number of rotatable bonds is 4. The highest BCUT2D eigenvalue weighted by atomic mass is 35.5. The van der Waals surface area contributed by atoms with Gasteiger partial charge >= 0.3 is 0 Å². The fourth-order valence-corrected chi connectivity index (χ4v) is 3.55. The Hall–Kier alpha value is -2.35. The Morgan fingerprint density at radius 3 is 1.76 bits per heavy atom. The predicted molar refractivity (Wildman–Crippen MR) is 106 cm³/mol. The van der Waals surface area contributed by atoms with Crippen LogP contribution in [0.25, 0.3) is 6.08 Å². The lowest BCUT2D eigenvalue weighted by Crippen LogP contribution is -2.43. The van der Waals surface area contributed by atoms with E-state index in [-0.39, 0.29) is 0 Å². The van der Waals surface area contributed by atoms with Gasteiger partial charge in [-0.3, -0.25) is 4.90 Å². The van der Waals surface area contributed by atoms with Crippen molar-refractivity contribution in [2.24, 2.45) is 0 Å². The maximum Gasteiger partial charge on any atom is 0.0607 e. The molecule has 124 valence electrons. The largest absolute Gasteiger partial charge is 0.284 e. The van der Waals surface area contributed by atoms with E-state index in [4.69, 9.17) is 11.6 Å². The molecule has 1 saturated heterocycles. The molecule has 25 heavy (non-hydrogen) atoms. The van der Waals surface area contributed by atoms with Gasteiger partial charge in [0, 0.05) is 18.1 Å². The quantitative estimate of drug-likeness (QED) is 0.575. The van der Waals surface area contributed by atoms with E-state index in [2.05, 4.69) is 83.8 Å². The normalized spacial score (nSPS) is 14.4. The van der Waals surface area contributed by atoms with Crippen LogP contribution in [0.15, 0.2) is 90.5 Å². The zero-order chi connectivity index (χ0) is 17.1. The highest BCUT2D eigenvalue weighted by molar-refractivity contribution is 6.30. The Morgan fingerprint density at radius 2 is 1.24 bits per heavy atom. The summed E-state index contributed by atoms with van der Waals surface area (Å²) in [5.41, 5.74) is 5.37. The Balaban J connectivity index is 1.55. The summed E-state index contributed by atoms with van der Waals surface area (Å²) in [5.74, 6) is 0. The van der Waals surface area contributed by atoms with Gasteiger partial charge in [0.05, 0.1) is 6.04 Å². The maximum atomic E-state index is 5.97. The summed E-state index contributed by atoms with van der Waals surface area (Å²) >= 11 is 5.97. The summed E-state index contributed by atoms with van der Waals surface area (Å²) in [6, 6.07) is 29.9. The molecule has 0 bridgehead atoms. The number of nitrogens with zero attached hydrogens (tertiary/aromatic N) is 1. The monoisotopic (exact) mass is 345 g/mol. The van der Waals surface area contributed by atoms with Crippen LogP contribution in [0.1, 0.15) is 22.7 Å². The average Bonchev–Trinajstić information content (AvgIpc) is 2.63. The standard InChI is InChI=1S/C23H20ClN/c24-22-13-11-18(12-14-22)15-19-16-25(17-19)23(20-7-3-1-4-8-20)21-9-5-2-6-10-21/h1-15,23H,16-17H2. The molecule has 3 aromatic rings. The molecule has 4 rings (SSSR count). The summed E-state index contributed by atoms with van der Waals surface area (Å²) < 4.78 is 0. The first-order valence-electron chi connectivity index (χ1n) is 8.58. The van der Waals surface area contributed by atoms with Crippen LogP contribution >= 0.6 is 11.6 Å². The number of hydrogen-bond donors (Lipinski definition) is 0. The number of halogens is 1. The molecule has 0 unspecified atom stereocenters. The Labute approximate surface area is 154 Å².